The van der Waals surface area contributed by atoms with Gasteiger partial charge in [-0.1, -0.05) is 20.8 Å². The zero-order valence-electron chi connectivity index (χ0n) is 7.31. The third kappa shape index (κ3) is 5.58. The minimum Gasteiger partial charge on any atom is -0.293 e. The minimum atomic E-state index is 0.297. The van der Waals surface area contributed by atoms with E-state index < -0.39 is 0 Å². The second-order valence-electron chi connectivity index (χ2n) is 3.89. The maximum atomic E-state index is 8.34. The van der Waals surface area contributed by atoms with Crippen molar-refractivity contribution in [3.05, 3.63) is 0 Å². The van der Waals surface area contributed by atoms with Crippen molar-refractivity contribution >= 4 is 0 Å². The van der Waals surface area contributed by atoms with Crippen LogP contribution in [0.2, 0.25) is 0 Å². The van der Waals surface area contributed by atoms with Crippen LogP contribution < -0.4 is 0 Å². The highest BCUT2D eigenvalue weighted by Crippen LogP contribution is 2.13. The Morgan fingerprint density at radius 1 is 1.40 bits per heavy atom. The van der Waals surface area contributed by atoms with Crippen LogP contribution in [0.25, 0.3) is 0 Å². The van der Waals surface area contributed by atoms with Crippen LogP contribution in [-0.2, 0) is 0 Å². The summed E-state index contributed by atoms with van der Waals surface area (Å²) in [6, 6.07) is 2.12. The summed E-state index contributed by atoms with van der Waals surface area (Å²) in [5.41, 5.74) is 0.297. The first-order valence-corrected chi connectivity index (χ1v) is 3.51. The van der Waals surface area contributed by atoms with E-state index in [2.05, 4.69) is 26.8 Å². The van der Waals surface area contributed by atoms with Crippen molar-refractivity contribution in [1.82, 2.24) is 4.90 Å². The summed E-state index contributed by atoms with van der Waals surface area (Å²) in [6.07, 6.45) is 0. The van der Waals surface area contributed by atoms with E-state index in [1.54, 1.807) is 0 Å². The molecular formula is C8H16N2. The van der Waals surface area contributed by atoms with Gasteiger partial charge in [0, 0.05) is 6.54 Å². The molecule has 0 heterocycles. The summed E-state index contributed by atoms with van der Waals surface area (Å²) in [6.45, 7) is 8.00. The summed E-state index contributed by atoms with van der Waals surface area (Å²) < 4.78 is 0. The minimum absolute atomic E-state index is 0.297. The Morgan fingerprint density at radius 2 is 1.90 bits per heavy atom. The van der Waals surface area contributed by atoms with Crippen LogP contribution in [0.4, 0.5) is 0 Å². The number of nitrogens with zero attached hydrogens (tertiary/aromatic N) is 2. The van der Waals surface area contributed by atoms with Crippen LogP contribution in [0, 0.1) is 16.7 Å². The van der Waals surface area contributed by atoms with Gasteiger partial charge in [-0.3, -0.25) is 4.90 Å². The van der Waals surface area contributed by atoms with Crippen LogP contribution in [-0.4, -0.2) is 25.0 Å². The molecule has 0 aromatic rings. The van der Waals surface area contributed by atoms with E-state index in [1.807, 2.05) is 11.9 Å². The monoisotopic (exact) mass is 140 g/mol. The van der Waals surface area contributed by atoms with Gasteiger partial charge in [-0.2, -0.15) is 5.26 Å². The number of nitriles is 1. The van der Waals surface area contributed by atoms with E-state index in [-0.39, 0.29) is 0 Å². The van der Waals surface area contributed by atoms with Crippen molar-refractivity contribution in [3.63, 3.8) is 0 Å². The third-order valence-corrected chi connectivity index (χ3v) is 1.08. The Kier molecular flexibility index (Phi) is 3.38. The van der Waals surface area contributed by atoms with E-state index in [4.69, 9.17) is 5.26 Å². The molecule has 0 aromatic heterocycles. The molecule has 0 saturated heterocycles. The van der Waals surface area contributed by atoms with E-state index in [0.717, 1.165) is 6.54 Å². The van der Waals surface area contributed by atoms with Crippen molar-refractivity contribution < 1.29 is 0 Å². The smallest absolute Gasteiger partial charge is 0.0863 e. The molecular weight excluding hydrogens is 124 g/mol. The van der Waals surface area contributed by atoms with E-state index in [9.17, 15) is 0 Å². The summed E-state index contributed by atoms with van der Waals surface area (Å²) in [4.78, 5) is 2.03. The highest BCUT2D eigenvalue weighted by atomic mass is 15.1. The molecule has 0 aliphatic rings. The molecule has 0 aromatic carbocycles. The fraction of sp³-hybridized carbons (Fsp3) is 0.875. The van der Waals surface area contributed by atoms with Crippen molar-refractivity contribution in [2.24, 2.45) is 5.41 Å². The van der Waals surface area contributed by atoms with Gasteiger partial charge >= 0.3 is 0 Å². The topological polar surface area (TPSA) is 27.0 Å². The van der Waals surface area contributed by atoms with Crippen LogP contribution in [0.15, 0.2) is 0 Å². The molecule has 0 bridgehead atoms. The van der Waals surface area contributed by atoms with Crippen LogP contribution >= 0.6 is 0 Å². The van der Waals surface area contributed by atoms with Gasteiger partial charge in [-0.25, -0.2) is 0 Å². The Bertz CT molecular complexity index is 127. The fourth-order valence-corrected chi connectivity index (χ4v) is 0.986. The zero-order valence-corrected chi connectivity index (χ0v) is 7.31. The number of hydrogen-bond donors (Lipinski definition) is 0. The molecule has 0 aliphatic heterocycles. The van der Waals surface area contributed by atoms with Gasteiger partial charge in [0.2, 0.25) is 0 Å². The lowest BCUT2D eigenvalue weighted by atomic mass is 9.96. The SMILES string of the molecule is CN(CC#N)CC(C)(C)C. The Balaban J connectivity index is 3.60. The largest absolute Gasteiger partial charge is 0.293 e. The molecule has 58 valence electrons. The highest BCUT2D eigenvalue weighted by Gasteiger charge is 2.12. The molecule has 0 unspecified atom stereocenters. The van der Waals surface area contributed by atoms with Gasteiger partial charge in [0.05, 0.1) is 12.6 Å². The molecule has 0 radical (unpaired) electrons. The molecule has 0 aliphatic carbocycles. The second kappa shape index (κ2) is 3.58. The average Bonchev–Trinajstić information content (AvgIpc) is 1.59. The van der Waals surface area contributed by atoms with Gasteiger partial charge < -0.3 is 0 Å². The Hall–Kier alpha value is -0.550. The standard InChI is InChI=1S/C8H16N2/c1-8(2,3)7-10(4)6-5-9/h6-7H2,1-4H3. The molecule has 2 nitrogen and oxygen atoms in total. The van der Waals surface area contributed by atoms with Gasteiger partial charge in [-0.15, -0.1) is 0 Å². The third-order valence-electron chi connectivity index (χ3n) is 1.08. The van der Waals surface area contributed by atoms with Crippen LogP contribution in [0.1, 0.15) is 20.8 Å². The van der Waals surface area contributed by atoms with Gasteiger partial charge in [0.15, 0.2) is 0 Å². The fourth-order valence-electron chi connectivity index (χ4n) is 0.986. The Labute approximate surface area is 63.4 Å². The van der Waals surface area contributed by atoms with Crippen molar-refractivity contribution in [3.8, 4) is 6.07 Å². The van der Waals surface area contributed by atoms with Crippen molar-refractivity contribution in [1.29, 1.82) is 5.26 Å². The molecule has 0 spiro atoms. The predicted molar refractivity (Wildman–Crippen MR) is 42.6 cm³/mol. The summed E-state index contributed by atoms with van der Waals surface area (Å²) in [7, 11) is 1.97. The molecule has 0 amide bonds. The molecule has 0 N–H and O–H groups in total. The normalized spacial score (nSPS) is 11.6. The average molecular weight is 140 g/mol. The lowest BCUT2D eigenvalue weighted by Crippen LogP contribution is -2.29. The second-order valence-corrected chi connectivity index (χ2v) is 3.89. The first-order valence-electron chi connectivity index (χ1n) is 3.51. The molecule has 0 fully saturated rings. The number of rotatable bonds is 2. The van der Waals surface area contributed by atoms with E-state index in [0.29, 0.717) is 12.0 Å². The van der Waals surface area contributed by atoms with Crippen molar-refractivity contribution in [2.45, 2.75) is 20.8 Å². The van der Waals surface area contributed by atoms with Crippen molar-refractivity contribution in [2.75, 3.05) is 20.1 Å². The van der Waals surface area contributed by atoms with Gasteiger partial charge in [-0.05, 0) is 12.5 Å². The van der Waals surface area contributed by atoms with E-state index >= 15 is 0 Å². The zero-order chi connectivity index (χ0) is 8.20. The van der Waals surface area contributed by atoms with Crippen LogP contribution in [0.5, 0.6) is 0 Å². The quantitative estimate of drug-likeness (QED) is 0.543. The lowest BCUT2D eigenvalue weighted by molar-refractivity contribution is 0.246. The van der Waals surface area contributed by atoms with Gasteiger partial charge in [0.1, 0.15) is 0 Å². The molecule has 0 atom stereocenters. The van der Waals surface area contributed by atoms with Gasteiger partial charge in [0.25, 0.3) is 0 Å². The molecule has 10 heavy (non-hydrogen) atoms. The maximum Gasteiger partial charge on any atom is 0.0863 e. The summed E-state index contributed by atoms with van der Waals surface area (Å²) in [5, 5.41) is 8.34. The first kappa shape index (κ1) is 9.45. The molecule has 0 saturated carbocycles. The van der Waals surface area contributed by atoms with E-state index in [1.165, 1.54) is 0 Å². The highest BCUT2D eigenvalue weighted by molar-refractivity contribution is 4.77. The molecule has 2 heteroatoms. The Morgan fingerprint density at radius 3 is 2.20 bits per heavy atom. The first-order chi connectivity index (χ1) is 4.45. The lowest BCUT2D eigenvalue weighted by Gasteiger charge is -2.24. The van der Waals surface area contributed by atoms with Crippen LogP contribution in [0.3, 0.4) is 0 Å². The summed E-state index contributed by atoms with van der Waals surface area (Å²) >= 11 is 0. The number of hydrogen-bond acceptors (Lipinski definition) is 2. The predicted octanol–water partition coefficient (Wildman–Crippen LogP) is 1.49. The maximum absolute atomic E-state index is 8.34. The molecule has 0 rings (SSSR count). The summed E-state index contributed by atoms with van der Waals surface area (Å²) in [5.74, 6) is 0.